The fraction of sp³-hybridized carbons (Fsp3) is 0.345. The fourth-order valence-electron chi connectivity index (χ4n) is 4.91. The van der Waals surface area contributed by atoms with Gasteiger partial charge < -0.3 is 24.8 Å². The Morgan fingerprint density at radius 2 is 1.80 bits per heavy atom. The number of amides is 1. The van der Waals surface area contributed by atoms with Crippen molar-refractivity contribution in [2.45, 2.75) is 38.9 Å². The summed E-state index contributed by atoms with van der Waals surface area (Å²) in [5, 5.41) is 5.55. The molecule has 0 bridgehead atoms. The molecule has 0 saturated carbocycles. The number of aryl methyl sites for hydroxylation is 1. The van der Waals surface area contributed by atoms with E-state index >= 15 is 0 Å². The molecule has 216 valence electrons. The van der Waals surface area contributed by atoms with Crippen LogP contribution in [0.15, 0.2) is 54.7 Å². The number of likely N-dealkylation sites (tertiary alicyclic amines) is 1. The van der Waals surface area contributed by atoms with Gasteiger partial charge in [-0.25, -0.2) is 14.4 Å². The van der Waals surface area contributed by atoms with Crippen molar-refractivity contribution in [3.63, 3.8) is 0 Å². The van der Waals surface area contributed by atoms with Crippen LogP contribution >= 0.6 is 0 Å². The molecule has 0 aliphatic carbocycles. The van der Waals surface area contributed by atoms with E-state index in [1.165, 1.54) is 12.3 Å². The minimum Gasteiger partial charge on any atom is -0.457 e. The summed E-state index contributed by atoms with van der Waals surface area (Å²) >= 11 is 0. The van der Waals surface area contributed by atoms with Crippen molar-refractivity contribution in [2.75, 3.05) is 23.7 Å². The molecule has 1 aliphatic heterocycles. The van der Waals surface area contributed by atoms with Gasteiger partial charge in [0, 0.05) is 37.3 Å². The van der Waals surface area contributed by atoms with Crippen LogP contribution in [-0.4, -0.2) is 44.5 Å². The lowest BCUT2D eigenvalue weighted by Crippen LogP contribution is -2.41. The molecule has 3 heterocycles. The van der Waals surface area contributed by atoms with Crippen LogP contribution in [-0.2, 0) is 18.0 Å². The number of carbonyl (C=O) groups excluding carboxylic acids is 1. The molecule has 5 rings (SSSR count). The molecule has 41 heavy (non-hydrogen) atoms. The number of hydrogen-bond acceptors (Lipinski definition) is 6. The predicted octanol–water partition coefficient (Wildman–Crippen LogP) is 6.72. The molecule has 4 aromatic rings. The van der Waals surface area contributed by atoms with Crippen molar-refractivity contribution in [1.82, 2.24) is 19.4 Å². The van der Waals surface area contributed by atoms with Crippen LogP contribution in [0.3, 0.4) is 0 Å². The summed E-state index contributed by atoms with van der Waals surface area (Å²) in [6.45, 7) is 6.07. The second-order valence-electron chi connectivity index (χ2n) is 10.3. The molecule has 1 aliphatic rings. The lowest BCUT2D eigenvalue weighted by molar-refractivity contribution is -0.139. The zero-order chi connectivity index (χ0) is 29.3. The third-order valence-corrected chi connectivity index (χ3v) is 7.25. The number of ether oxygens (including phenoxy) is 1. The molecule has 2 N–H and O–H groups in total. The smallest absolute Gasteiger partial charge is 0.419 e. The minimum absolute atomic E-state index is 0.0646. The summed E-state index contributed by atoms with van der Waals surface area (Å²) in [6.07, 6.45) is -1.69. The summed E-state index contributed by atoms with van der Waals surface area (Å²) in [6, 6.07) is 11.9. The van der Waals surface area contributed by atoms with Crippen LogP contribution in [0.25, 0.3) is 11.0 Å². The van der Waals surface area contributed by atoms with Gasteiger partial charge in [-0.1, -0.05) is 6.07 Å². The number of aromatic nitrogens is 3. The Labute approximate surface area is 234 Å². The van der Waals surface area contributed by atoms with Crippen molar-refractivity contribution in [3.8, 4) is 11.5 Å². The maximum absolute atomic E-state index is 14.5. The van der Waals surface area contributed by atoms with Crippen LogP contribution in [0.1, 0.15) is 32.3 Å². The lowest BCUT2D eigenvalue weighted by atomic mass is 9.95. The maximum Gasteiger partial charge on any atom is 0.419 e. The Morgan fingerprint density at radius 1 is 1.07 bits per heavy atom. The first-order valence-electron chi connectivity index (χ1n) is 13.3. The zero-order valence-corrected chi connectivity index (χ0v) is 22.8. The summed E-state index contributed by atoms with van der Waals surface area (Å²) in [7, 11) is 1.66. The quantitative estimate of drug-likeness (QED) is 0.240. The lowest BCUT2D eigenvalue weighted by Gasteiger charge is -2.33. The van der Waals surface area contributed by atoms with Crippen molar-refractivity contribution < 1.29 is 27.1 Å². The fourth-order valence-corrected chi connectivity index (χ4v) is 4.91. The zero-order valence-electron chi connectivity index (χ0n) is 22.8. The van der Waals surface area contributed by atoms with E-state index in [4.69, 9.17) is 4.74 Å². The number of hydrogen-bond donors (Lipinski definition) is 2. The van der Waals surface area contributed by atoms with Gasteiger partial charge in [0.05, 0.1) is 22.3 Å². The van der Waals surface area contributed by atoms with E-state index in [0.29, 0.717) is 40.5 Å². The molecule has 2 aromatic heterocycles. The van der Waals surface area contributed by atoms with Crippen molar-refractivity contribution in [2.24, 2.45) is 13.0 Å². The number of nitrogens with zero attached hydrogens (tertiary/aromatic N) is 4. The van der Waals surface area contributed by atoms with E-state index in [1.54, 1.807) is 41.9 Å². The molecule has 0 spiro atoms. The number of nitrogens with one attached hydrogen (secondary N) is 2. The van der Waals surface area contributed by atoms with Crippen LogP contribution in [0.4, 0.5) is 35.0 Å². The average Bonchev–Trinajstić information content (AvgIpc) is 3.23. The maximum atomic E-state index is 14.5. The normalized spacial score (nSPS) is 14.9. The van der Waals surface area contributed by atoms with Gasteiger partial charge in [-0.3, -0.25) is 4.79 Å². The number of anilines is 3. The van der Waals surface area contributed by atoms with Gasteiger partial charge >= 0.3 is 6.18 Å². The van der Waals surface area contributed by atoms with Crippen LogP contribution < -0.4 is 15.4 Å². The number of piperidine rings is 1. The van der Waals surface area contributed by atoms with E-state index < -0.39 is 17.6 Å². The molecule has 8 nitrogen and oxygen atoms in total. The Bertz CT molecular complexity index is 1560. The van der Waals surface area contributed by atoms with E-state index in [-0.39, 0.29) is 23.5 Å². The highest BCUT2D eigenvalue weighted by atomic mass is 19.4. The topological polar surface area (TPSA) is 84.3 Å². The number of alkyl halides is 3. The van der Waals surface area contributed by atoms with Crippen molar-refractivity contribution >= 4 is 34.4 Å². The first kappa shape index (κ1) is 28.3. The van der Waals surface area contributed by atoms with Gasteiger partial charge in [-0.05, 0) is 70.1 Å². The van der Waals surface area contributed by atoms with Gasteiger partial charge in [-0.15, -0.1) is 0 Å². The van der Waals surface area contributed by atoms with E-state index in [0.717, 1.165) is 32.0 Å². The number of fused-ring (bicyclic) bond motifs is 1. The molecule has 1 saturated heterocycles. The number of imidazole rings is 1. The monoisotopic (exact) mass is 570 g/mol. The molecular formula is C29H30F4N6O2. The van der Waals surface area contributed by atoms with Gasteiger partial charge in [0.25, 0.3) is 0 Å². The molecule has 1 fully saturated rings. The van der Waals surface area contributed by atoms with Gasteiger partial charge in [0.15, 0.2) is 5.82 Å². The summed E-state index contributed by atoms with van der Waals surface area (Å²) in [5.74, 6) is -0.115. The largest absolute Gasteiger partial charge is 0.457 e. The Kier molecular flexibility index (Phi) is 7.85. The number of benzene rings is 2. The molecule has 0 radical (unpaired) electrons. The summed E-state index contributed by atoms with van der Waals surface area (Å²) in [4.78, 5) is 23.8. The molecule has 0 unspecified atom stereocenters. The van der Waals surface area contributed by atoms with Crippen molar-refractivity contribution in [3.05, 3.63) is 66.1 Å². The van der Waals surface area contributed by atoms with Gasteiger partial charge in [0.1, 0.15) is 17.3 Å². The summed E-state index contributed by atoms with van der Waals surface area (Å²) < 4.78 is 61.5. The predicted molar refractivity (Wildman–Crippen MR) is 148 cm³/mol. The number of pyridine rings is 1. The van der Waals surface area contributed by atoms with Crippen LogP contribution in [0.5, 0.6) is 11.5 Å². The van der Waals surface area contributed by atoms with Crippen LogP contribution in [0, 0.1) is 11.7 Å². The third kappa shape index (κ3) is 6.27. The highest BCUT2D eigenvalue weighted by Crippen LogP contribution is 2.35. The van der Waals surface area contributed by atoms with E-state index in [1.807, 2.05) is 0 Å². The minimum atomic E-state index is -4.82. The standard InChI is InChI=1S/C29H30F4N6O2/c1-17(2)39-13-10-18(11-14-39)27(40)37-25-16-20(9-12-34-25)41-19-7-8-24-23(15-19)36-28(38(24)3)35-22-6-4-5-21(26(22)30)29(31,32)33/h4-9,12,15-18H,10-11,13-14H2,1-3H3,(H,35,36)(H,34,37,40). The second-order valence-corrected chi connectivity index (χ2v) is 10.3. The van der Waals surface area contributed by atoms with E-state index in [2.05, 4.69) is 39.3 Å². The average molecular weight is 571 g/mol. The highest BCUT2D eigenvalue weighted by molar-refractivity contribution is 5.92. The summed E-state index contributed by atoms with van der Waals surface area (Å²) in [5.41, 5.74) is -0.568. The molecule has 2 aromatic carbocycles. The molecular weight excluding hydrogens is 540 g/mol. The van der Waals surface area contributed by atoms with Gasteiger partial charge in [0.2, 0.25) is 11.9 Å². The van der Waals surface area contributed by atoms with Gasteiger partial charge in [-0.2, -0.15) is 13.2 Å². The van der Waals surface area contributed by atoms with Crippen molar-refractivity contribution in [1.29, 1.82) is 0 Å². The van der Waals surface area contributed by atoms with Crippen LogP contribution in [0.2, 0.25) is 0 Å². The third-order valence-electron chi connectivity index (χ3n) is 7.25. The first-order valence-corrected chi connectivity index (χ1v) is 13.3. The first-order chi connectivity index (χ1) is 19.5. The molecule has 0 atom stereocenters. The Morgan fingerprint density at radius 3 is 2.51 bits per heavy atom. The number of rotatable bonds is 7. The number of carbonyl (C=O) groups is 1. The Balaban J connectivity index is 1.28. The number of halogens is 4. The molecule has 12 heteroatoms. The molecule has 1 amide bonds. The Hall–Kier alpha value is -4.19. The van der Waals surface area contributed by atoms with E-state index in [9.17, 15) is 22.4 Å². The second kappa shape index (κ2) is 11.4. The SMILES string of the molecule is CC(C)N1CCC(C(=O)Nc2cc(Oc3ccc4c(c3)nc(Nc3cccc(C(F)(F)F)c3F)n4C)ccn2)CC1. The highest BCUT2D eigenvalue weighted by Gasteiger charge is 2.35.